The highest BCUT2D eigenvalue weighted by atomic mass is 19.1. The first kappa shape index (κ1) is 54.5. The predicted molar refractivity (Wildman–Crippen MR) is 305 cm³/mol. The van der Waals surface area contributed by atoms with Crippen molar-refractivity contribution in [2.75, 3.05) is 71.0 Å². The van der Waals surface area contributed by atoms with E-state index in [0.29, 0.717) is 84.8 Å². The summed E-state index contributed by atoms with van der Waals surface area (Å²) >= 11 is 0. The number of phenolic OH excluding ortho intramolecular Hbond substituents is 1. The molecule has 434 valence electrons. The van der Waals surface area contributed by atoms with Crippen LogP contribution in [0.4, 0.5) is 19.4 Å². The Morgan fingerprint density at radius 1 is 0.866 bits per heavy atom. The molecule has 1 spiro atoms. The molecule has 18 nitrogen and oxygen atoms in total. The van der Waals surface area contributed by atoms with Crippen molar-refractivity contribution in [1.82, 2.24) is 43.7 Å². The Labute approximate surface area is 475 Å². The number of aromatic nitrogens is 5. The molecule has 3 aromatic heterocycles. The van der Waals surface area contributed by atoms with Gasteiger partial charge in [-0.2, -0.15) is 9.97 Å². The van der Waals surface area contributed by atoms with E-state index in [1.54, 1.807) is 29.2 Å². The predicted octanol–water partition coefficient (Wildman–Crippen LogP) is 8.35. The van der Waals surface area contributed by atoms with Crippen LogP contribution in [-0.2, 0) is 27.8 Å². The van der Waals surface area contributed by atoms with E-state index in [0.717, 1.165) is 99.8 Å². The number of imidazole rings is 1. The monoisotopic (exact) mass is 1120 g/mol. The molecule has 1 saturated carbocycles. The minimum absolute atomic E-state index is 0.00938. The van der Waals surface area contributed by atoms with E-state index in [1.807, 2.05) is 22.8 Å². The topological polar surface area (TPSA) is 192 Å². The number of nitrogens with zero attached hydrogens (tertiary/aromatic N) is 10. The van der Waals surface area contributed by atoms with Crippen LogP contribution in [0.3, 0.4) is 0 Å². The van der Waals surface area contributed by atoms with Gasteiger partial charge in [-0.05, 0) is 180 Å². The van der Waals surface area contributed by atoms with E-state index < -0.39 is 23.3 Å². The van der Waals surface area contributed by atoms with Crippen LogP contribution in [0.1, 0.15) is 127 Å². The van der Waals surface area contributed by atoms with Crippen LogP contribution in [0.15, 0.2) is 53.5 Å². The van der Waals surface area contributed by atoms with E-state index >= 15 is 8.78 Å². The summed E-state index contributed by atoms with van der Waals surface area (Å²) in [5.74, 6) is -1.08. The highest BCUT2D eigenvalue weighted by molar-refractivity contribution is 6.02. The van der Waals surface area contributed by atoms with Crippen LogP contribution in [0, 0.1) is 17.0 Å². The first-order chi connectivity index (χ1) is 39.4. The number of ether oxygens (including phenoxy) is 2. The largest absolute Gasteiger partial charge is 0.508 e. The summed E-state index contributed by atoms with van der Waals surface area (Å²) in [6.45, 7) is 9.17. The Morgan fingerprint density at radius 2 is 1.65 bits per heavy atom. The first-order valence-corrected chi connectivity index (χ1v) is 29.8. The van der Waals surface area contributed by atoms with E-state index in [2.05, 4.69) is 26.9 Å². The number of likely N-dealkylation sites (tertiary alicyclic amines) is 3. The lowest BCUT2D eigenvalue weighted by Crippen LogP contribution is -2.56. The smallest absolute Gasteiger partial charge is 0.409 e. The number of phenols is 1. The fraction of sp³-hybridized carbons (Fsp3) is 0.565. The number of hydrogen-bond acceptors (Lipinski definition) is 14. The zero-order valence-corrected chi connectivity index (χ0v) is 47.5. The van der Waals surface area contributed by atoms with Crippen molar-refractivity contribution in [2.24, 2.45) is 12.5 Å². The van der Waals surface area contributed by atoms with Gasteiger partial charge in [-0.3, -0.25) is 33.5 Å². The van der Waals surface area contributed by atoms with Gasteiger partial charge in [-0.25, -0.2) is 18.4 Å². The van der Waals surface area contributed by atoms with Gasteiger partial charge in [0.25, 0.3) is 5.91 Å². The number of β-amino-alcohol motifs (C(OH)–C–C–N with tert-alkyl or cyclic N) is 1. The second-order valence-corrected chi connectivity index (χ2v) is 25.2. The molecule has 13 rings (SSSR count). The number of imide groups is 1. The molecule has 3 aromatic carbocycles. The number of aryl methyl sites for hydroxylation is 2. The molecule has 6 aromatic rings. The van der Waals surface area contributed by atoms with Crippen LogP contribution in [0.2, 0.25) is 0 Å². The van der Waals surface area contributed by atoms with E-state index in [4.69, 9.17) is 19.4 Å². The molecule has 0 bridgehead atoms. The number of carbonyl (C=O) groups excluding carboxylic acids is 3. The van der Waals surface area contributed by atoms with E-state index in [9.17, 15) is 29.4 Å². The van der Waals surface area contributed by atoms with Crippen molar-refractivity contribution < 1.29 is 42.9 Å². The quantitative estimate of drug-likeness (QED) is 0.118. The van der Waals surface area contributed by atoms with Crippen molar-refractivity contribution in [3.63, 3.8) is 0 Å². The van der Waals surface area contributed by atoms with Gasteiger partial charge in [-0.1, -0.05) is 19.1 Å². The third-order valence-electron chi connectivity index (χ3n) is 20.3. The van der Waals surface area contributed by atoms with Crippen LogP contribution in [0.25, 0.3) is 44.0 Å². The molecule has 6 aliphatic heterocycles. The van der Waals surface area contributed by atoms with Crippen molar-refractivity contribution >= 4 is 56.4 Å². The molecular formula is C62H74F2N10O8. The van der Waals surface area contributed by atoms with Crippen LogP contribution in [-0.4, -0.2) is 161 Å². The fourth-order valence-corrected chi connectivity index (χ4v) is 15.6. The number of pyridine rings is 1. The Balaban J connectivity index is 0.622. The van der Waals surface area contributed by atoms with Crippen LogP contribution >= 0.6 is 0 Å². The second-order valence-electron chi connectivity index (χ2n) is 25.2. The number of piperidine rings is 4. The number of likely N-dealkylation sites (N-methyl/N-ethyl adjacent to an activating group) is 1. The maximum atomic E-state index is 17.3. The number of amides is 3. The molecule has 7 fully saturated rings. The number of anilines is 1. The standard InChI is InChI=1S/C62H74F2N10O8/c1-5-43-46(63)10-8-39-28-42(75)30-44(51(39)43)53-52(64)54-45(33-65-53)55(72-22-6-17-60(2,80)35-72)67-57(66-54)82-36-62-18-7-23-73(62)40(14-19-62)34-81-59(79)71-26-20-61(21-27-71)31-41(32-61)70-24-15-37(16-25-70)38-9-11-47-49(29-38)68(3)58(78)74(47)48-12-13-50(76)69(4)56(48)77/h8-11,28-30,33,37,40-41,48,75,80H,5-7,12-27,31-32,34-36H2,1-4H3/t40-,48?,60+,62-/m0/s1. The molecule has 2 N–H and O–H groups in total. The number of aromatic hydroxyl groups is 1. The number of rotatable bonds is 11. The van der Waals surface area contributed by atoms with Crippen LogP contribution < -0.4 is 15.3 Å². The molecule has 1 unspecified atom stereocenters. The molecule has 3 amide bonds. The third-order valence-corrected chi connectivity index (χ3v) is 20.3. The number of hydrogen-bond donors (Lipinski definition) is 2. The zero-order valence-electron chi connectivity index (χ0n) is 47.5. The van der Waals surface area contributed by atoms with Gasteiger partial charge in [-0.15, -0.1) is 0 Å². The average molecular weight is 1130 g/mol. The SMILES string of the molecule is CCc1c(F)ccc2cc(O)cc(-c3ncc4c(N5CCC[C@@](C)(O)C5)nc(OC[C@@]56CCCN5[C@H](COC(=O)N5CCC7(CC5)CC(N5CCC(c8ccc9c(c8)n(C)c(=O)n9C8CCC(=O)N(C)C8=O)CC5)C7)CC6)nc4c3F)c12. The van der Waals surface area contributed by atoms with Crippen LogP contribution in [0.5, 0.6) is 11.8 Å². The minimum atomic E-state index is -1.00. The van der Waals surface area contributed by atoms with Crippen molar-refractivity contribution in [3.05, 3.63) is 81.9 Å². The van der Waals surface area contributed by atoms with Gasteiger partial charge in [0.05, 0.1) is 27.6 Å². The Morgan fingerprint density at radius 3 is 2.41 bits per heavy atom. The maximum Gasteiger partial charge on any atom is 0.409 e. The maximum absolute atomic E-state index is 17.3. The Hall–Kier alpha value is -6.77. The molecule has 7 aliphatic rings. The second kappa shape index (κ2) is 20.8. The number of carbonyl (C=O) groups is 3. The van der Waals surface area contributed by atoms with E-state index in [1.165, 1.54) is 37.0 Å². The first-order valence-electron chi connectivity index (χ1n) is 29.8. The van der Waals surface area contributed by atoms with Gasteiger partial charge in [0.15, 0.2) is 5.82 Å². The number of aliphatic hydroxyl groups is 1. The summed E-state index contributed by atoms with van der Waals surface area (Å²) in [6.07, 6.45) is 13.2. The lowest BCUT2D eigenvalue weighted by molar-refractivity contribution is -0.149. The molecule has 9 heterocycles. The average Bonchev–Trinajstić information content (AvgIpc) is 4.25. The van der Waals surface area contributed by atoms with Gasteiger partial charge in [0.2, 0.25) is 5.91 Å². The molecule has 6 saturated heterocycles. The minimum Gasteiger partial charge on any atom is -0.508 e. The molecule has 4 atom stereocenters. The molecular weight excluding hydrogens is 1050 g/mol. The highest BCUT2D eigenvalue weighted by Crippen LogP contribution is 2.52. The lowest BCUT2D eigenvalue weighted by atomic mass is 9.59. The Kier molecular flexibility index (Phi) is 13.8. The molecule has 0 radical (unpaired) electrons. The summed E-state index contributed by atoms with van der Waals surface area (Å²) < 4.78 is 48.4. The number of fused-ring (bicyclic) bond motifs is 4. The van der Waals surface area contributed by atoms with Crippen molar-refractivity contribution in [1.29, 1.82) is 0 Å². The van der Waals surface area contributed by atoms with Crippen molar-refractivity contribution in [2.45, 2.75) is 145 Å². The van der Waals surface area contributed by atoms with E-state index in [-0.39, 0.29) is 95.3 Å². The summed E-state index contributed by atoms with van der Waals surface area (Å²) in [4.78, 5) is 76.7. The normalized spacial score (nSPS) is 25.7. The summed E-state index contributed by atoms with van der Waals surface area (Å²) in [5, 5.41) is 23.3. The number of halogens is 2. The lowest BCUT2D eigenvalue weighted by Gasteiger charge is -2.56. The van der Waals surface area contributed by atoms with Crippen molar-refractivity contribution in [3.8, 4) is 23.0 Å². The summed E-state index contributed by atoms with van der Waals surface area (Å²) in [7, 11) is 3.24. The highest BCUT2D eigenvalue weighted by Gasteiger charge is 2.52. The third kappa shape index (κ3) is 9.43. The van der Waals surface area contributed by atoms with Gasteiger partial charge < -0.3 is 34.4 Å². The molecule has 20 heteroatoms. The van der Waals surface area contributed by atoms with Gasteiger partial charge >= 0.3 is 17.8 Å². The fourth-order valence-electron chi connectivity index (χ4n) is 15.6. The Bertz CT molecular complexity index is 3600. The summed E-state index contributed by atoms with van der Waals surface area (Å²) in [6, 6.07) is 11.9. The molecule has 82 heavy (non-hydrogen) atoms. The zero-order chi connectivity index (χ0) is 57.0. The number of benzene rings is 3. The van der Waals surface area contributed by atoms with Gasteiger partial charge in [0.1, 0.15) is 47.9 Å². The summed E-state index contributed by atoms with van der Waals surface area (Å²) in [5.41, 5.74) is 1.90. The molecule has 1 aliphatic carbocycles. The van der Waals surface area contributed by atoms with Gasteiger partial charge in [0, 0.05) is 70.5 Å².